The predicted octanol–water partition coefficient (Wildman–Crippen LogP) is 0.873. The fourth-order valence-electron chi connectivity index (χ4n) is 1.07. The van der Waals surface area contributed by atoms with Crippen molar-refractivity contribution in [1.82, 2.24) is 0 Å². The molecule has 0 saturated heterocycles. The highest BCUT2D eigenvalue weighted by Crippen LogP contribution is 2.31. The van der Waals surface area contributed by atoms with E-state index in [2.05, 4.69) is 0 Å². The van der Waals surface area contributed by atoms with Crippen LogP contribution in [-0.2, 0) is 4.79 Å². The van der Waals surface area contributed by atoms with Gasteiger partial charge in [-0.3, -0.25) is 4.79 Å². The minimum absolute atomic E-state index is 0.0898. The number of amides is 1. The predicted molar refractivity (Wildman–Crippen MR) is 56.6 cm³/mol. The summed E-state index contributed by atoms with van der Waals surface area (Å²) >= 11 is 11.5. The minimum Gasteiger partial charge on any atom is -0.385 e. The molecular formula is C9H9Cl2NO3. The number of aliphatic hydroxyl groups excluding tert-OH is 2. The van der Waals surface area contributed by atoms with Gasteiger partial charge in [0.05, 0.1) is 10.0 Å². The second-order valence-corrected chi connectivity index (χ2v) is 3.72. The van der Waals surface area contributed by atoms with E-state index in [9.17, 15) is 15.0 Å². The van der Waals surface area contributed by atoms with Gasteiger partial charge >= 0.3 is 0 Å². The first-order valence-electron chi connectivity index (χ1n) is 4.04. The molecule has 1 rings (SSSR count). The maximum absolute atomic E-state index is 10.6. The fourth-order valence-corrected chi connectivity index (χ4v) is 1.49. The standard InChI is InChI=1S/C9H9Cl2NO3/c10-5-3-1-2-4(6(5)11)7(13)8(14)9(12)15/h1-3,7-8,13-14H,(H2,12,15). The van der Waals surface area contributed by atoms with Crippen molar-refractivity contribution in [1.29, 1.82) is 0 Å². The average molecular weight is 250 g/mol. The molecule has 0 aromatic heterocycles. The van der Waals surface area contributed by atoms with Gasteiger partial charge in [0.2, 0.25) is 5.91 Å². The first-order valence-corrected chi connectivity index (χ1v) is 4.80. The molecule has 0 bridgehead atoms. The monoisotopic (exact) mass is 249 g/mol. The maximum Gasteiger partial charge on any atom is 0.249 e. The zero-order valence-corrected chi connectivity index (χ0v) is 9.03. The van der Waals surface area contributed by atoms with E-state index in [1.165, 1.54) is 12.1 Å². The Bertz CT molecular complexity index is 384. The van der Waals surface area contributed by atoms with Crippen molar-refractivity contribution in [3.8, 4) is 0 Å². The molecule has 4 N–H and O–H groups in total. The molecule has 6 heteroatoms. The van der Waals surface area contributed by atoms with Crippen molar-refractivity contribution in [2.24, 2.45) is 5.73 Å². The molecule has 0 saturated carbocycles. The Balaban J connectivity index is 3.06. The molecule has 1 aromatic carbocycles. The number of nitrogens with two attached hydrogens (primary N) is 1. The van der Waals surface area contributed by atoms with Crippen LogP contribution in [0.25, 0.3) is 0 Å². The first-order chi connectivity index (χ1) is 6.95. The van der Waals surface area contributed by atoms with E-state index in [1.807, 2.05) is 0 Å². The highest BCUT2D eigenvalue weighted by atomic mass is 35.5. The van der Waals surface area contributed by atoms with Crippen molar-refractivity contribution in [2.75, 3.05) is 0 Å². The number of rotatable bonds is 3. The summed E-state index contributed by atoms with van der Waals surface area (Å²) in [4.78, 5) is 10.6. The third-order valence-corrected chi connectivity index (χ3v) is 2.72. The van der Waals surface area contributed by atoms with Gasteiger partial charge in [0.15, 0.2) is 6.10 Å². The second kappa shape index (κ2) is 4.81. The summed E-state index contributed by atoms with van der Waals surface area (Å²) in [6, 6.07) is 4.52. The van der Waals surface area contributed by atoms with Gasteiger partial charge in [-0.15, -0.1) is 0 Å². The quantitative estimate of drug-likeness (QED) is 0.744. The summed E-state index contributed by atoms with van der Waals surface area (Å²) in [5, 5.41) is 19.1. The lowest BCUT2D eigenvalue weighted by atomic mass is 10.0. The lowest BCUT2D eigenvalue weighted by molar-refractivity contribution is -0.131. The molecule has 4 nitrogen and oxygen atoms in total. The van der Waals surface area contributed by atoms with Crippen molar-refractivity contribution >= 4 is 29.1 Å². The summed E-state index contributed by atoms with van der Waals surface area (Å²) in [7, 11) is 0. The zero-order chi connectivity index (χ0) is 11.6. The normalized spacial score (nSPS) is 14.7. The van der Waals surface area contributed by atoms with Gasteiger partial charge in [-0.05, 0) is 6.07 Å². The Labute approximate surface area is 96.2 Å². The van der Waals surface area contributed by atoms with Crippen LogP contribution in [0.1, 0.15) is 11.7 Å². The lowest BCUT2D eigenvalue weighted by Gasteiger charge is -2.16. The van der Waals surface area contributed by atoms with Crippen molar-refractivity contribution in [2.45, 2.75) is 12.2 Å². The number of carbonyl (C=O) groups is 1. The van der Waals surface area contributed by atoms with Gasteiger partial charge in [-0.1, -0.05) is 35.3 Å². The molecular weight excluding hydrogens is 241 g/mol. The summed E-state index contributed by atoms with van der Waals surface area (Å²) in [6.45, 7) is 0. The van der Waals surface area contributed by atoms with Crippen molar-refractivity contribution in [3.05, 3.63) is 33.8 Å². The molecule has 0 aliphatic rings. The number of benzene rings is 1. The van der Waals surface area contributed by atoms with Crippen LogP contribution >= 0.6 is 23.2 Å². The molecule has 0 aliphatic heterocycles. The SMILES string of the molecule is NC(=O)C(O)C(O)c1cccc(Cl)c1Cl. The fraction of sp³-hybridized carbons (Fsp3) is 0.222. The van der Waals surface area contributed by atoms with E-state index >= 15 is 0 Å². The topological polar surface area (TPSA) is 83.6 Å². The number of carbonyl (C=O) groups excluding carboxylic acids is 1. The first kappa shape index (κ1) is 12.3. The lowest BCUT2D eigenvalue weighted by Crippen LogP contribution is -2.34. The summed E-state index contributed by atoms with van der Waals surface area (Å²) in [5.41, 5.74) is 5.00. The third-order valence-electron chi connectivity index (χ3n) is 1.89. The average Bonchev–Trinajstić information content (AvgIpc) is 2.20. The van der Waals surface area contributed by atoms with E-state index in [0.29, 0.717) is 0 Å². The summed E-state index contributed by atoms with van der Waals surface area (Å²) in [5.74, 6) is -1.03. The van der Waals surface area contributed by atoms with Gasteiger partial charge in [0, 0.05) is 5.56 Å². The van der Waals surface area contributed by atoms with Crippen molar-refractivity contribution < 1.29 is 15.0 Å². The number of hydrogen-bond donors (Lipinski definition) is 3. The Morgan fingerprint density at radius 3 is 2.47 bits per heavy atom. The van der Waals surface area contributed by atoms with Crippen LogP contribution in [0.3, 0.4) is 0 Å². The molecule has 0 spiro atoms. The van der Waals surface area contributed by atoms with Gasteiger partial charge in [0.1, 0.15) is 6.10 Å². The van der Waals surface area contributed by atoms with Crippen LogP contribution in [0.15, 0.2) is 18.2 Å². The van der Waals surface area contributed by atoms with E-state index in [-0.39, 0.29) is 15.6 Å². The molecule has 82 valence electrons. The summed E-state index contributed by atoms with van der Waals surface area (Å²) < 4.78 is 0. The smallest absolute Gasteiger partial charge is 0.249 e. The Kier molecular flexibility index (Phi) is 3.93. The molecule has 2 unspecified atom stereocenters. The Hall–Kier alpha value is -0.810. The zero-order valence-electron chi connectivity index (χ0n) is 7.52. The molecule has 1 aromatic rings. The molecule has 0 radical (unpaired) electrons. The van der Waals surface area contributed by atoms with Crippen LogP contribution in [0.4, 0.5) is 0 Å². The Morgan fingerprint density at radius 2 is 1.93 bits per heavy atom. The van der Waals surface area contributed by atoms with E-state index in [1.54, 1.807) is 6.07 Å². The van der Waals surface area contributed by atoms with E-state index in [0.717, 1.165) is 0 Å². The van der Waals surface area contributed by atoms with Crippen LogP contribution in [0, 0.1) is 0 Å². The molecule has 0 aliphatic carbocycles. The van der Waals surface area contributed by atoms with Gasteiger partial charge < -0.3 is 15.9 Å². The minimum atomic E-state index is -1.71. The molecule has 15 heavy (non-hydrogen) atoms. The maximum atomic E-state index is 10.6. The van der Waals surface area contributed by atoms with Gasteiger partial charge in [0.25, 0.3) is 0 Å². The van der Waals surface area contributed by atoms with Crippen LogP contribution in [0.5, 0.6) is 0 Å². The van der Waals surface area contributed by atoms with Gasteiger partial charge in [-0.25, -0.2) is 0 Å². The van der Waals surface area contributed by atoms with Crippen LogP contribution < -0.4 is 5.73 Å². The molecule has 0 fully saturated rings. The van der Waals surface area contributed by atoms with Crippen LogP contribution in [-0.4, -0.2) is 22.2 Å². The van der Waals surface area contributed by atoms with E-state index < -0.39 is 18.1 Å². The number of aliphatic hydroxyl groups is 2. The molecule has 1 amide bonds. The van der Waals surface area contributed by atoms with Gasteiger partial charge in [-0.2, -0.15) is 0 Å². The third kappa shape index (κ3) is 2.60. The number of primary amides is 1. The Morgan fingerprint density at radius 1 is 1.33 bits per heavy atom. The summed E-state index contributed by atoms with van der Waals surface area (Å²) in [6.07, 6.45) is -3.19. The highest BCUT2D eigenvalue weighted by Gasteiger charge is 2.25. The number of hydrogen-bond acceptors (Lipinski definition) is 3. The molecule has 2 atom stereocenters. The highest BCUT2D eigenvalue weighted by molar-refractivity contribution is 6.42. The van der Waals surface area contributed by atoms with Crippen molar-refractivity contribution in [3.63, 3.8) is 0 Å². The number of halogens is 2. The molecule has 0 heterocycles. The van der Waals surface area contributed by atoms with E-state index in [4.69, 9.17) is 28.9 Å². The second-order valence-electron chi connectivity index (χ2n) is 2.94. The largest absolute Gasteiger partial charge is 0.385 e. The van der Waals surface area contributed by atoms with Crippen LogP contribution in [0.2, 0.25) is 10.0 Å².